The Bertz CT molecular complexity index is 708. The number of sulfonamides is 1. The molecule has 5 nitrogen and oxygen atoms in total. The summed E-state index contributed by atoms with van der Waals surface area (Å²) in [6, 6.07) is 3.45. The van der Waals surface area contributed by atoms with E-state index in [1.54, 1.807) is 18.3 Å². The molecule has 0 aliphatic rings. The monoisotopic (exact) mass is 311 g/mol. The molecule has 0 aliphatic carbocycles. The Morgan fingerprint density at radius 2 is 2.00 bits per heavy atom. The van der Waals surface area contributed by atoms with Crippen molar-refractivity contribution in [2.24, 2.45) is 0 Å². The van der Waals surface area contributed by atoms with Gasteiger partial charge in [-0.15, -0.1) is 11.3 Å². The van der Waals surface area contributed by atoms with Gasteiger partial charge in [0, 0.05) is 17.6 Å². The summed E-state index contributed by atoms with van der Waals surface area (Å²) in [5.74, 6) is 0. The zero-order valence-corrected chi connectivity index (χ0v) is 13.2. The number of aryl methyl sites for hydroxylation is 2. The van der Waals surface area contributed by atoms with Crippen molar-refractivity contribution in [2.75, 3.05) is 11.8 Å². The van der Waals surface area contributed by atoms with E-state index >= 15 is 0 Å². The zero-order valence-electron chi connectivity index (χ0n) is 11.6. The van der Waals surface area contributed by atoms with Gasteiger partial charge in [0.15, 0.2) is 0 Å². The molecule has 0 saturated carbocycles. The Labute approximate surface area is 123 Å². The number of pyridine rings is 1. The largest absolute Gasteiger partial charge is 0.315 e. The first-order valence-corrected chi connectivity index (χ1v) is 8.41. The number of rotatable bonds is 5. The van der Waals surface area contributed by atoms with Gasteiger partial charge in [-0.2, -0.15) is 0 Å². The number of nitrogens with zero attached hydrogens (tertiary/aromatic N) is 1. The van der Waals surface area contributed by atoms with Gasteiger partial charge < -0.3 is 5.32 Å². The molecule has 2 N–H and O–H groups in total. The van der Waals surface area contributed by atoms with Crippen molar-refractivity contribution in [1.29, 1.82) is 0 Å². The van der Waals surface area contributed by atoms with Gasteiger partial charge in [0.25, 0.3) is 10.0 Å². The first kappa shape index (κ1) is 15.0. The Kier molecular flexibility index (Phi) is 4.42. The zero-order chi connectivity index (χ0) is 14.8. The number of hydrogen-bond acceptors (Lipinski definition) is 5. The topological polar surface area (TPSA) is 71.1 Å². The minimum Gasteiger partial charge on any atom is -0.315 e. The van der Waals surface area contributed by atoms with Crippen LogP contribution in [0.5, 0.6) is 0 Å². The van der Waals surface area contributed by atoms with Crippen LogP contribution in [-0.2, 0) is 16.6 Å². The Morgan fingerprint density at radius 3 is 2.65 bits per heavy atom. The van der Waals surface area contributed by atoms with Crippen molar-refractivity contribution >= 4 is 27.0 Å². The van der Waals surface area contributed by atoms with Crippen molar-refractivity contribution in [2.45, 2.75) is 24.6 Å². The van der Waals surface area contributed by atoms with Crippen LogP contribution < -0.4 is 10.0 Å². The molecule has 0 unspecified atom stereocenters. The summed E-state index contributed by atoms with van der Waals surface area (Å²) < 4.78 is 27.5. The van der Waals surface area contributed by atoms with Gasteiger partial charge in [0.05, 0.1) is 11.9 Å². The average molecular weight is 311 g/mol. The minimum atomic E-state index is -3.55. The molecular weight excluding hydrogens is 294 g/mol. The fourth-order valence-corrected chi connectivity index (χ4v) is 4.41. The third kappa shape index (κ3) is 3.36. The molecule has 0 radical (unpaired) electrons. The molecule has 2 aromatic heterocycles. The van der Waals surface area contributed by atoms with Crippen molar-refractivity contribution in [3.8, 4) is 0 Å². The van der Waals surface area contributed by atoms with Gasteiger partial charge in [-0.25, -0.2) is 8.42 Å². The van der Waals surface area contributed by atoms with Crippen molar-refractivity contribution in [3.63, 3.8) is 0 Å². The molecule has 7 heteroatoms. The lowest BCUT2D eigenvalue weighted by Crippen LogP contribution is -2.11. The molecular formula is C13H17N3O2S2. The van der Waals surface area contributed by atoms with Crippen LogP contribution in [0.4, 0.5) is 5.69 Å². The van der Waals surface area contributed by atoms with E-state index in [4.69, 9.17) is 0 Å². The summed E-state index contributed by atoms with van der Waals surface area (Å²) >= 11 is 1.28. The molecule has 108 valence electrons. The van der Waals surface area contributed by atoms with Crippen LogP contribution in [-0.4, -0.2) is 20.4 Å². The molecule has 0 aliphatic heterocycles. The highest BCUT2D eigenvalue weighted by Crippen LogP contribution is 2.27. The van der Waals surface area contributed by atoms with Crippen molar-refractivity contribution in [1.82, 2.24) is 10.3 Å². The average Bonchev–Trinajstić information content (AvgIpc) is 2.72. The normalized spacial score (nSPS) is 11.6. The summed E-state index contributed by atoms with van der Waals surface area (Å²) in [7, 11) is -1.71. The number of nitrogens with one attached hydrogen (secondary N) is 2. The molecule has 2 aromatic rings. The fourth-order valence-electron chi connectivity index (χ4n) is 1.77. The van der Waals surface area contributed by atoms with Crippen LogP contribution in [0.1, 0.15) is 16.0 Å². The second kappa shape index (κ2) is 5.90. The van der Waals surface area contributed by atoms with Crippen LogP contribution in [0.3, 0.4) is 0 Å². The van der Waals surface area contributed by atoms with E-state index in [1.165, 1.54) is 17.5 Å². The number of thiophene rings is 1. The third-order valence-corrected chi connectivity index (χ3v) is 5.82. The summed E-state index contributed by atoms with van der Waals surface area (Å²) in [5, 5.41) is 3.03. The van der Waals surface area contributed by atoms with Gasteiger partial charge >= 0.3 is 0 Å². The van der Waals surface area contributed by atoms with Gasteiger partial charge in [0.2, 0.25) is 0 Å². The number of hydrogen-bond donors (Lipinski definition) is 2. The quantitative estimate of drug-likeness (QED) is 0.888. The van der Waals surface area contributed by atoms with E-state index in [-0.39, 0.29) is 0 Å². The maximum Gasteiger partial charge on any atom is 0.271 e. The molecule has 0 aromatic carbocycles. The molecule has 2 rings (SSSR count). The molecule has 0 bridgehead atoms. The highest BCUT2D eigenvalue weighted by Gasteiger charge is 2.19. The Hall–Kier alpha value is -1.44. The highest BCUT2D eigenvalue weighted by atomic mass is 32.2. The highest BCUT2D eigenvalue weighted by molar-refractivity contribution is 7.94. The maximum atomic E-state index is 12.3. The first-order chi connectivity index (χ1) is 9.42. The molecule has 0 spiro atoms. The molecule has 0 atom stereocenters. The Morgan fingerprint density at radius 1 is 1.25 bits per heavy atom. The van der Waals surface area contributed by atoms with Crippen LogP contribution in [0.2, 0.25) is 0 Å². The van der Waals surface area contributed by atoms with Gasteiger partial charge in [-0.3, -0.25) is 9.71 Å². The SMILES string of the molecule is CNCc1sc(S(=O)(=O)Nc2cncc(C)c2)cc1C. The van der Waals surface area contributed by atoms with Gasteiger partial charge in [-0.1, -0.05) is 0 Å². The van der Waals surface area contributed by atoms with E-state index in [9.17, 15) is 8.42 Å². The number of anilines is 1. The van der Waals surface area contributed by atoms with Gasteiger partial charge in [0.1, 0.15) is 4.21 Å². The lowest BCUT2D eigenvalue weighted by Gasteiger charge is -2.06. The van der Waals surface area contributed by atoms with E-state index < -0.39 is 10.0 Å². The predicted molar refractivity (Wildman–Crippen MR) is 81.6 cm³/mol. The van der Waals surface area contributed by atoms with E-state index in [0.717, 1.165) is 16.0 Å². The Balaban J connectivity index is 2.28. The van der Waals surface area contributed by atoms with E-state index in [1.807, 2.05) is 20.9 Å². The summed E-state index contributed by atoms with van der Waals surface area (Å²) in [5.41, 5.74) is 2.36. The molecule has 0 fully saturated rings. The van der Waals surface area contributed by atoms with Crippen molar-refractivity contribution in [3.05, 3.63) is 40.5 Å². The molecule has 0 saturated heterocycles. The van der Waals surface area contributed by atoms with Crippen LogP contribution >= 0.6 is 11.3 Å². The van der Waals surface area contributed by atoms with Crippen LogP contribution in [0.15, 0.2) is 28.7 Å². The molecule has 20 heavy (non-hydrogen) atoms. The third-order valence-electron chi connectivity index (χ3n) is 2.73. The van der Waals surface area contributed by atoms with E-state index in [0.29, 0.717) is 16.4 Å². The second-order valence-electron chi connectivity index (χ2n) is 4.56. The second-order valence-corrected chi connectivity index (χ2v) is 7.60. The smallest absolute Gasteiger partial charge is 0.271 e. The summed E-state index contributed by atoms with van der Waals surface area (Å²) in [6.45, 7) is 4.44. The summed E-state index contributed by atoms with van der Waals surface area (Å²) in [6.07, 6.45) is 3.18. The van der Waals surface area contributed by atoms with Crippen LogP contribution in [0, 0.1) is 13.8 Å². The maximum absolute atomic E-state index is 12.3. The number of aromatic nitrogens is 1. The molecule has 2 heterocycles. The molecule has 0 amide bonds. The van der Waals surface area contributed by atoms with Crippen molar-refractivity contribution < 1.29 is 8.42 Å². The standard InChI is InChI=1S/C13H17N3O2S2/c1-9-4-11(7-15-6-9)16-20(17,18)13-5-10(2)12(19-13)8-14-3/h4-7,14,16H,8H2,1-3H3. The van der Waals surface area contributed by atoms with Crippen LogP contribution in [0.25, 0.3) is 0 Å². The fraction of sp³-hybridized carbons (Fsp3) is 0.308. The summed E-state index contributed by atoms with van der Waals surface area (Å²) in [4.78, 5) is 5.00. The van der Waals surface area contributed by atoms with E-state index in [2.05, 4.69) is 15.0 Å². The minimum absolute atomic E-state index is 0.321. The lowest BCUT2D eigenvalue weighted by atomic mass is 10.3. The predicted octanol–water partition coefficient (Wildman–Crippen LogP) is 2.28. The first-order valence-electron chi connectivity index (χ1n) is 6.11. The lowest BCUT2D eigenvalue weighted by molar-refractivity contribution is 0.603. The van der Waals surface area contributed by atoms with Gasteiger partial charge in [-0.05, 0) is 44.2 Å².